The Morgan fingerprint density at radius 3 is 2.62 bits per heavy atom. The van der Waals surface area contributed by atoms with Gasteiger partial charge in [0.1, 0.15) is 6.10 Å². The van der Waals surface area contributed by atoms with Crippen LogP contribution in [0.25, 0.3) is 0 Å². The number of nitrogens with zero attached hydrogens (tertiary/aromatic N) is 1. The Morgan fingerprint density at radius 1 is 1.33 bits per heavy atom. The maximum Gasteiger partial charge on any atom is 0.417 e. The first kappa shape index (κ1) is 15.5. The van der Waals surface area contributed by atoms with Crippen LogP contribution in [-0.2, 0) is 9.53 Å². The summed E-state index contributed by atoms with van der Waals surface area (Å²) in [6.07, 6.45) is 1.54. The van der Waals surface area contributed by atoms with Gasteiger partial charge in [-0.25, -0.2) is 9.69 Å². The largest absolute Gasteiger partial charge is 0.439 e. The van der Waals surface area contributed by atoms with Crippen LogP contribution in [0, 0.1) is 5.92 Å². The molecule has 1 saturated heterocycles. The van der Waals surface area contributed by atoms with Gasteiger partial charge >= 0.3 is 6.09 Å². The zero-order valence-corrected chi connectivity index (χ0v) is 12.9. The van der Waals surface area contributed by atoms with Crippen molar-refractivity contribution in [1.29, 1.82) is 0 Å². The molecule has 3 atom stereocenters. The average molecular weight is 289 g/mol. The van der Waals surface area contributed by atoms with Gasteiger partial charge in [-0.2, -0.15) is 0 Å². The van der Waals surface area contributed by atoms with Gasteiger partial charge in [0.2, 0.25) is 5.91 Å². The molecule has 0 unspecified atom stereocenters. The minimum Gasteiger partial charge on any atom is -0.439 e. The Labute approximate surface area is 126 Å². The number of amides is 2. The second kappa shape index (κ2) is 6.74. The Bertz CT molecular complexity index is 500. The molecular formula is C17H23NO3. The van der Waals surface area contributed by atoms with E-state index >= 15 is 0 Å². The summed E-state index contributed by atoms with van der Waals surface area (Å²) in [5.41, 5.74) is 0.926. The van der Waals surface area contributed by atoms with E-state index in [4.69, 9.17) is 4.74 Å². The van der Waals surface area contributed by atoms with Crippen molar-refractivity contribution in [2.75, 3.05) is 0 Å². The lowest BCUT2D eigenvalue weighted by Crippen LogP contribution is -2.38. The summed E-state index contributed by atoms with van der Waals surface area (Å²) in [5.74, 6) is 0.158. The molecule has 0 aromatic heterocycles. The zero-order chi connectivity index (χ0) is 15.4. The van der Waals surface area contributed by atoms with Crippen molar-refractivity contribution >= 4 is 12.0 Å². The molecule has 1 fully saturated rings. The lowest BCUT2D eigenvalue weighted by molar-refractivity contribution is -0.130. The van der Waals surface area contributed by atoms with E-state index in [2.05, 4.69) is 6.92 Å². The molecule has 0 spiro atoms. The summed E-state index contributed by atoms with van der Waals surface area (Å²) in [5, 5.41) is 0. The van der Waals surface area contributed by atoms with E-state index in [-0.39, 0.29) is 18.1 Å². The number of carbonyl (C=O) groups excluding carboxylic acids is 2. The molecule has 0 saturated carbocycles. The van der Waals surface area contributed by atoms with Gasteiger partial charge in [-0.1, -0.05) is 57.0 Å². The maximum atomic E-state index is 12.4. The third-order valence-corrected chi connectivity index (χ3v) is 3.97. The van der Waals surface area contributed by atoms with Crippen molar-refractivity contribution in [3.8, 4) is 0 Å². The van der Waals surface area contributed by atoms with Gasteiger partial charge in [0.15, 0.2) is 0 Å². The lowest BCUT2D eigenvalue weighted by Gasteiger charge is -2.20. The maximum absolute atomic E-state index is 12.4. The lowest BCUT2D eigenvalue weighted by atomic mass is 10.00. The van der Waals surface area contributed by atoms with Crippen LogP contribution in [0.4, 0.5) is 4.79 Å². The SMILES string of the molecule is CCC[C@@H](C)CC(=O)N1C(=O)O[C@@H](c2ccccc2)[C@H]1C. The first-order valence-corrected chi connectivity index (χ1v) is 7.62. The molecule has 1 aromatic rings. The Morgan fingerprint density at radius 2 is 2.00 bits per heavy atom. The molecule has 1 aliphatic rings. The van der Waals surface area contributed by atoms with E-state index in [0.717, 1.165) is 18.4 Å². The topological polar surface area (TPSA) is 46.6 Å². The summed E-state index contributed by atoms with van der Waals surface area (Å²) >= 11 is 0. The van der Waals surface area contributed by atoms with E-state index in [1.807, 2.05) is 44.2 Å². The summed E-state index contributed by atoms with van der Waals surface area (Å²) < 4.78 is 5.40. The van der Waals surface area contributed by atoms with Crippen molar-refractivity contribution in [3.63, 3.8) is 0 Å². The van der Waals surface area contributed by atoms with Crippen LogP contribution < -0.4 is 0 Å². The predicted octanol–water partition coefficient (Wildman–Crippen LogP) is 3.92. The first-order valence-electron chi connectivity index (χ1n) is 7.62. The van der Waals surface area contributed by atoms with Gasteiger partial charge in [0, 0.05) is 6.42 Å². The molecule has 0 bridgehead atoms. The summed E-state index contributed by atoms with van der Waals surface area (Å²) in [6.45, 7) is 6.01. The van der Waals surface area contributed by atoms with Crippen molar-refractivity contribution in [3.05, 3.63) is 35.9 Å². The van der Waals surface area contributed by atoms with Gasteiger partial charge in [-0.15, -0.1) is 0 Å². The second-order valence-electron chi connectivity index (χ2n) is 5.82. The second-order valence-corrected chi connectivity index (χ2v) is 5.82. The fraction of sp³-hybridized carbons (Fsp3) is 0.529. The van der Waals surface area contributed by atoms with Crippen molar-refractivity contribution < 1.29 is 14.3 Å². The first-order chi connectivity index (χ1) is 10.0. The summed E-state index contributed by atoms with van der Waals surface area (Å²) in [4.78, 5) is 25.7. The van der Waals surface area contributed by atoms with Gasteiger partial charge in [-0.05, 0) is 18.4 Å². The molecule has 4 heteroatoms. The van der Waals surface area contributed by atoms with Gasteiger partial charge < -0.3 is 4.74 Å². The fourth-order valence-electron chi connectivity index (χ4n) is 2.88. The standard InChI is InChI=1S/C17H23NO3/c1-4-8-12(2)11-15(19)18-13(3)16(21-17(18)20)14-9-6-5-7-10-14/h5-7,9-10,12-13,16H,4,8,11H2,1-3H3/t12-,13-,16-/m1/s1. The third kappa shape index (κ3) is 3.43. The van der Waals surface area contributed by atoms with Crippen LogP contribution in [0.2, 0.25) is 0 Å². The molecular weight excluding hydrogens is 266 g/mol. The minimum absolute atomic E-state index is 0.133. The van der Waals surface area contributed by atoms with E-state index in [1.165, 1.54) is 4.90 Å². The number of ether oxygens (including phenoxy) is 1. The van der Waals surface area contributed by atoms with Gasteiger partial charge in [-0.3, -0.25) is 4.79 Å². The Hall–Kier alpha value is -1.84. The number of hydrogen-bond donors (Lipinski definition) is 0. The molecule has 2 rings (SSSR count). The number of cyclic esters (lactones) is 1. The van der Waals surface area contributed by atoms with E-state index in [1.54, 1.807) is 0 Å². The molecule has 4 nitrogen and oxygen atoms in total. The van der Waals surface area contributed by atoms with Crippen molar-refractivity contribution in [1.82, 2.24) is 4.90 Å². The number of hydrogen-bond acceptors (Lipinski definition) is 3. The van der Waals surface area contributed by atoms with E-state index in [9.17, 15) is 9.59 Å². The predicted molar refractivity (Wildman–Crippen MR) is 80.7 cm³/mol. The van der Waals surface area contributed by atoms with Crippen molar-refractivity contribution in [2.24, 2.45) is 5.92 Å². The zero-order valence-electron chi connectivity index (χ0n) is 12.9. The van der Waals surface area contributed by atoms with Crippen LogP contribution >= 0.6 is 0 Å². The Kier molecular flexibility index (Phi) is 4.99. The molecule has 1 heterocycles. The highest BCUT2D eigenvalue weighted by molar-refractivity contribution is 5.93. The van der Waals surface area contributed by atoms with Gasteiger partial charge in [0.05, 0.1) is 6.04 Å². The highest BCUT2D eigenvalue weighted by Crippen LogP contribution is 2.33. The van der Waals surface area contributed by atoms with Gasteiger partial charge in [0.25, 0.3) is 0 Å². The number of imide groups is 1. The number of rotatable bonds is 5. The normalized spacial score (nSPS) is 23.0. The van der Waals surface area contributed by atoms with E-state index < -0.39 is 6.09 Å². The number of benzene rings is 1. The molecule has 2 amide bonds. The van der Waals surface area contributed by atoms with Crippen LogP contribution in [-0.4, -0.2) is 22.9 Å². The molecule has 1 aromatic carbocycles. The Balaban J connectivity index is 2.08. The molecule has 0 radical (unpaired) electrons. The monoisotopic (exact) mass is 289 g/mol. The molecule has 0 aliphatic carbocycles. The van der Waals surface area contributed by atoms with Crippen LogP contribution in [0.15, 0.2) is 30.3 Å². The number of carbonyl (C=O) groups is 2. The summed E-state index contributed by atoms with van der Waals surface area (Å²) in [7, 11) is 0. The van der Waals surface area contributed by atoms with Crippen molar-refractivity contribution in [2.45, 2.75) is 52.2 Å². The molecule has 114 valence electrons. The quantitative estimate of drug-likeness (QED) is 0.825. The van der Waals surface area contributed by atoms with Crippen LogP contribution in [0.1, 0.15) is 51.7 Å². The molecule has 0 N–H and O–H groups in total. The fourth-order valence-corrected chi connectivity index (χ4v) is 2.88. The smallest absolute Gasteiger partial charge is 0.417 e. The van der Waals surface area contributed by atoms with Crippen LogP contribution in [0.3, 0.4) is 0 Å². The van der Waals surface area contributed by atoms with E-state index in [0.29, 0.717) is 12.3 Å². The van der Waals surface area contributed by atoms with Crippen LogP contribution in [0.5, 0.6) is 0 Å². The highest BCUT2D eigenvalue weighted by atomic mass is 16.6. The highest BCUT2D eigenvalue weighted by Gasteiger charge is 2.43. The third-order valence-electron chi connectivity index (χ3n) is 3.97. The summed E-state index contributed by atoms with van der Waals surface area (Å²) in [6, 6.07) is 9.30. The average Bonchev–Trinajstić information content (AvgIpc) is 2.75. The molecule has 21 heavy (non-hydrogen) atoms. The minimum atomic E-state index is -0.523. The molecule has 1 aliphatic heterocycles.